The van der Waals surface area contributed by atoms with Crippen LogP contribution < -0.4 is 0 Å². The Morgan fingerprint density at radius 2 is 0.0952 bits per heavy atom. The average Bonchev–Trinajstić information content (AvgIpc) is 0. The van der Waals surface area contributed by atoms with Gasteiger partial charge in [-0.2, -0.15) is 0 Å². The summed E-state index contributed by atoms with van der Waals surface area (Å²) in [5.74, 6) is 0. The first-order valence-corrected chi connectivity index (χ1v) is 0. The molecule has 0 fully saturated rings. The van der Waals surface area contributed by atoms with Gasteiger partial charge < -0.3 is 0 Å². The molecule has 0 aliphatic rings. The van der Waals surface area contributed by atoms with Crippen LogP contribution in [0.15, 0.2) is 0 Å². The fourth-order valence-electron chi connectivity index (χ4n) is 0. The van der Waals surface area contributed by atoms with Crippen molar-refractivity contribution in [3.05, 3.63) is 0 Å². The van der Waals surface area contributed by atoms with Crippen molar-refractivity contribution in [3.8, 4) is 0 Å². The van der Waals surface area contributed by atoms with E-state index < -0.39 is 0 Å². The van der Waals surface area contributed by atoms with Crippen molar-refractivity contribution in [1.82, 2.24) is 0 Å². The van der Waals surface area contributed by atoms with E-state index in [-0.39, 0.29) is 166 Å². The largest absolute Gasteiger partial charge is 0.0776 e. The fourth-order valence-corrected chi connectivity index (χ4v) is 0. The second-order valence-corrected chi connectivity index (χ2v) is 0. The van der Waals surface area contributed by atoms with Crippen molar-refractivity contribution in [2.75, 3.05) is 0 Å². The Morgan fingerprint density at radius 3 is 0.0952 bits per heavy atom. The summed E-state index contributed by atoms with van der Waals surface area (Å²) in [7, 11) is 0. The highest BCUT2D eigenvalue weighted by Gasteiger charge is -0.0576. The lowest BCUT2D eigenvalue weighted by Crippen LogP contribution is 0.143. The molecule has 0 rings (SSSR count). The first-order chi connectivity index (χ1) is 0. The molecule has 0 aromatic carbocycles. The molecule has 0 aromatic heterocycles. The van der Waals surface area contributed by atoms with E-state index in [1.54, 1.807) is 0 Å². The molecular weight excluding hydrogens is 252 g/mol. The smallest absolute Gasteiger partial charge is 0 e. The number of rotatable bonds is 0. The summed E-state index contributed by atoms with van der Waals surface area (Å²) in [4.78, 5) is 0. The predicted molar refractivity (Wildman–Crippen MR) is 156 cm³/mol. The standard InChI is InChI=1S/21CH4.7H2/h21*1H4;7*1H/i;;;;;;;;;;;;;;;;;;;;;7*1+2. The lowest BCUT2D eigenvalue weighted by Gasteiger charge is -0.0786. The van der Waals surface area contributed by atoms with Crippen LogP contribution >= 0.6 is 0 Å². The van der Waals surface area contributed by atoms with E-state index in [0.717, 1.165) is 0 Å². The minimum absolute atomic E-state index is 0. The van der Waals surface area contributed by atoms with Crippen molar-refractivity contribution < 1.29 is 9.99 Å². The molecule has 0 unspecified atom stereocenters. The Kier molecular flexibility index (Phi) is 0. The zero-order chi connectivity index (χ0) is 0. The average molecular weight is 365 g/mol. The maximum Gasteiger partial charge on any atom is 0 e. The van der Waals surface area contributed by atoms with Gasteiger partial charge in [-0.25, -0.2) is 0 Å². The third kappa shape index (κ3) is 0. The van der Waals surface area contributed by atoms with Crippen LogP contribution in [0.25, 0.3) is 0 Å². The fraction of sp³-hybridized carbons (Fsp3) is 1.00. The summed E-state index contributed by atoms with van der Waals surface area (Å²) in [6, 6.07) is 0. The highest BCUT2D eigenvalue weighted by molar-refractivity contribution is 2.52. The molecule has 21 heavy (non-hydrogen) atoms. The van der Waals surface area contributed by atoms with Crippen molar-refractivity contribution in [3.63, 3.8) is 0 Å². The summed E-state index contributed by atoms with van der Waals surface area (Å²) in [6.45, 7) is 0. The first kappa shape index (κ1) is 0. The molecule has 0 radical (unpaired) electrons. The topological polar surface area (TPSA) is 0 Å². The quantitative estimate of drug-likeness (QED) is 0.400. The maximum absolute atomic E-state index is 0. The van der Waals surface area contributed by atoms with Gasteiger partial charge in [-0.1, -0.05) is 156 Å². The number of hydrogen-bond acceptors (Lipinski definition) is 0. The summed E-state index contributed by atoms with van der Waals surface area (Å²) in [5, 5.41) is 0. The van der Waals surface area contributed by atoms with E-state index in [1.165, 1.54) is 0 Å². The van der Waals surface area contributed by atoms with Crippen LogP contribution in [0.3, 0.4) is 0 Å². The van der Waals surface area contributed by atoms with Gasteiger partial charge in [-0.3, -0.25) is 0 Å². The summed E-state index contributed by atoms with van der Waals surface area (Å²) in [5.41, 5.74) is 0. The zero-order valence-corrected chi connectivity index (χ0v) is 0. The molecule has 0 atom stereocenters. The van der Waals surface area contributed by atoms with Crippen molar-refractivity contribution >= 4 is 0 Å². The second kappa shape index (κ2) is 0. The van der Waals surface area contributed by atoms with Crippen molar-refractivity contribution in [2.24, 2.45) is 0 Å². The lowest BCUT2D eigenvalue weighted by molar-refractivity contribution is 2.50. The molecule has 0 saturated carbocycles. The van der Waals surface area contributed by atoms with Crippen LogP contribution in [-0.2, 0) is 0 Å². The molecule has 0 amide bonds. The minimum atomic E-state index is 0. The molecule has 0 bridgehead atoms. The maximum atomic E-state index is 0. The molecule has 0 N–H and O–H groups in total. The first-order valence-electron chi connectivity index (χ1n) is 0. The summed E-state index contributed by atoms with van der Waals surface area (Å²) in [6.07, 6.45) is 0. The third-order valence-corrected chi connectivity index (χ3v) is 0. The van der Waals surface area contributed by atoms with Crippen LogP contribution in [0.4, 0.5) is 0 Å². The van der Waals surface area contributed by atoms with Gasteiger partial charge in [0.05, 0.1) is 0 Å². The lowest BCUT2D eigenvalue weighted by atomic mass is 12.0. The van der Waals surface area contributed by atoms with E-state index in [9.17, 15) is 0 Å². The van der Waals surface area contributed by atoms with E-state index in [0.29, 0.717) is 0 Å². The van der Waals surface area contributed by atoms with E-state index in [1.807, 2.05) is 0 Å². The van der Waals surface area contributed by atoms with Gasteiger partial charge >= 0.3 is 0 Å². The Morgan fingerprint density at radius 1 is 0.0952 bits per heavy atom. The van der Waals surface area contributed by atoms with Gasteiger partial charge in [0.2, 0.25) is 0 Å². The van der Waals surface area contributed by atoms with Crippen LogP contribution in [-0.4, -0.2) is 0 Å². The Hall–Kier alpha value is 0. The van der Waals surface area contributed by atoms with Gasteiger partial charge in [0, 0.05) is 9.99 Å². The van der Waals surface area contributed by atoms with Gasteiger partial charge in [-0.15, -0.1) is 0 Å². The normalized spacial score (nSPS) is 0. The second-order valence-electron chi connectivity index (χ2n) is 0. The molecule has 0 spiro atoms. The molecular formula is C21H98. The molecule has 182 valence electrons. The van der Waals surface area contributed by atoms with Crippen LogP contribution in [0.2, 0.25) is 0 Å². The third-order valence-electron chi connectivity index (χ3n) is 0. The molecule has 0 heterocycles. The Bertz CT molecular complexity index is 22.7. The van der Waals surface area contributed by atoms with Crippen LogP contribution in [0.5, 0.6) is 0 Å². The van der Waals surface area contributed by atoms with E-state index >= 15 is 0 Å². The van der Waals surface area contributed by atoms with Gasteiger partial charge in [-0.05, 0) is 0 Å². The monoisotopic (exact) mass is 365 g/mol. The predicted octanol–water partition coefficient (Wildman–Crippen LogP) is 15.1. The summed E-state index contributed by atoms with van der Waals surface area (Å²) >= 11 is 0. The Labute approximate surface area is 167 Å². The SMILES string of the molecule is C.C.C.C.C.C.C.C.C.C.C.C.C.C.C.C.C.C.C.C.C.[3HH].[3HH].[3HH].[3HH].[3HH].[3HH].[3HH]. The van der Waals surface area contributed by atoms with Gasteiger partial charge in [0.1, 0.15) is 0 Å². The number of hydrogen-bond donors (Lipinski definition) is 0. The minimum Gasteiger partial charge on any atom is -0.0776 e. The molecule has 0 aliphatic carbocycles. The highest BCUT2D eigenvalue weighted by atomic mass is 12.0. The van der Waals surface area contributed by atoms with Crippen molar-refractivity contribution in [1.29, 1.82) is 0 Å². The van der Waals surface area contributed by atoms with E-state index in [4.69, 9.17) is 0 Å². The van der Waals surface area contributed by atoms with Crippen molar-refractivity contribution in [2.45, 2.75) is 156 Å². The molecule has 0 nitrogen and oxygen atoms in total. The van der Waals surface area contributed by atoms with Gasteiger partial charge in [0.15, 0.2) is 0 Å². The molecule has 0 aliphatic heterocycles. The zero-order valence-electron chi connectivity index (χ0n) is 0. The highest BCUT2D eigenvalue weighted by Crippen LogP contribution is 0.164. The summed E-state index contributed by atoms with van der Waals surface area (Å²) < 4.78 is 0. The van der Waals surface area contributed by atoms with E-state index in [2.05, 4.69) is 0 Å². The van der Waals surface area contributed by atoms with Gasteiger partial charge in [0.25, 0.3) is 0 Å². The molecule has 0 aromatic rings. The van der Waals surface area contributed by atoms with Crippen LogP contribution in [0, 0.1) is 0 Å². The molecule has 0 heteroatoms. The molecule has 0 saturated heterocycles. The van der Waals surface area contributed by atoms with Crippen LogP contribution in [0.1, 0.15) is 166 Å². The Balaban J connectivity index is 0.